The van der Waals surface area contributed by atoms with Crippen molar-refractivity contribution in [1.29, 1.82) is 0 Å². The second-order valence-electron chi connectivity index (χ2n) is 2.50. The molecular weight excluding hydrogens is 160 g/mol. The number of aromatic nitrogens is 2. The topological polar surface area (TPSA) is 56.6 Å². The van der Waals surface area contributed by atoms with Crippen molar-refractivity contribution in [2.24, 2.45) is 0 Å². The number of hydrogen-bond donors (Lipinski definition) is 0. The molecule has 0 amide bonds. The van der Waals surface area contributed by atoms with E-state index >= 15 is 0 Å². The summed E-state index contributed by atoms with van der Waals surface area (Å²) in [4.78, 5) is 14.8. The molecule has 0 radical (unpaired) electrons. The van der Waals surface area contributed by atoms with E-state index in [1.165, 1.54) is 23.3 Å². The number of carbonyl (C=O) groups excluding carboxylic acids is 1. The molecule has 1 aromatic rings. The normalized spacial score (nSPS) is 20.5. The second kappa shape index (κ2) is 2.94. The molecule has 2 heterocycles. The van der Waals surface area contributed by atoms with Crippen LogP contribution in [-0.4, -0.2) is 35.0 Å². The lowest BCUT2D eigenvalue weighted by Gasteiger charge is -2.00. The number of carbonyl (C=O) groups is 1. The van der Waals surface area contributed by atoms with E-state index < -0.39 is 6.09 Å². The molecule has 1 aromatic heterocycles. The summed E-state index contributed by atoms with van der Waals surface area (Å²) in [6, 6.07) is 0. The van der Waals surface area contributed by atoms with Crippen molar-refractivity contribution in [2.75, 3.05) is 13.2 Å². The smallest absolute Gasteiger partial charge is 0.419 e. The van der Waals surface area contributed by atoms with E-state index in [1.54, 1.807) is 0 Å². The van der Waals surface area contributed by atoms with Gasteiger partial charge in [0.25, 0.3) is 0 Å². The van der Waals surface area contributed by atoms with Crippen LogP contribution in [0.3, 0.4) is 0 Å². The van der Waals surface area contributed by atoms with E-state index in [0.29, 0.717) is 13.2 Å². The highest BCUT2D eigenvalue weighted by Gasteiger charge is 2.24. The zero-order chi connectivity index (χ0) is 8.39. The minimum Gasteiger partial charge on any atom is -0.446 e. The van der Waals surface area contributed by atoms with Gasteiger partial charge in [0.1, 0.15) is 19.0 Å². The van der Waals surface area contributed by atoms with Gasteiger partial charge in [-0.2, -0.15) is 0 Å². The summed E-state index contributed by atoms with van der Waals surface area (Å²) >= 11 is 0. The number of nitrogens with zero attached hydrogens (tertiary/aromatic N) is 2. The Morgan fingerprint density at radius 2 is 2.67 bits per heavy atom. The van der Waals surface area contributed by atoms with Gasteiger partial charge in [-0.3, -0.25) is 0 Å². The first-order valence-corrected chi connectivity index (χ1v) is 3.63. The molecule has 1 fully saturated rings. The van der Waals surface area contributed by atoms with Crippen LogP contribution in [0.25, 0.3) is 0 Å². The van der Waals surface area contributed by atoms with Crippen LogP contribution in [0.2, 0.25) is 0 Å². The number of imidazole rings is 1. The van der Waals surface area contributed by atoms with Crippen molar-refractivity contribution in [2.45, 2.75) is 6.10 Å². The Hall–Kier alpha value is -1.36. The van der Waals surface area contributed by atoms with E-state index in [-0.39, 0.29) is 6.10 Å². The lowest BCUT2D eigenvalue weighted by Crippen LogP contribution is -2.14. The first-order valence-electron chi connectivity index (χ1n) is 3.63. The van der Waals surface area contributed by atoms with Crippen molar-refractivity contribution in [3.05, 3.63) is 18.7 Å². The lowest BCUT2D eigenvalue weighted by molar-refractivity contribution is 0.137. The number of hydrogen-bond acceptors (Lipinski definition) is 4. The highest BCUT2D eigenvalue weighted by molar-refractivity contribution is 5.69. The zero-order valence-electron chi connectivity index (χ0n) is 6.34. The molecule has 1 saturated heterocycles. The first kappa shape index (κ1) is 7.30. The number of ether oxygens (including phenoxy) is 2. The maximum Gasteiger partial charge on any atom is 0.419 e. The maximum absolute atomic E-state index is 11.1. The molecule has 64 valence electrons. The Bertz CT molecular complexity index is 266. The first-order chi connectivity index (χ1) is 5.86. The third-order valence-corrected chi connectivity index (χ3v) is 1.51. The molecule has 0 aliphatic carbocycles. The molecule has 0 aromatic carbocycles. The average molecular weight is 168 g/mol. The van der Waals surface area contributed by atoms with Crippen molar-refractivity contribution >= 4 is 6.09 Å². The summed E-state index contributed by atoms with van der Waals surface area (Å²) in [6.45, 7) is 1.02. The summed E-state index contributed by atoms with van der Waals surface area (Å²) in [5.41, 5.74) is 0. The molecular formula is C7H8N2O3. The van der Waals surface area contributed by atoms with Gasteiger partial charge in [-0.1, -0.05) is 0 Å². The molecule has 0 bridgehead atoms. The lowest BCUT2D eigenvalue weighted by atomic mass is 10.5. The molecule has 1 atom stereocenters. The van der Waals surface area contributed by atoms with Crippen LogP contribution >= 0.6 is 0 Å². The second-order valence-corrected chi connectivity index (χ2v) is 2.50. The summed E-state index contributed by atoms with van der Waals surface area (Å²) in [6.07, 6.45) is 4.15. The van der Waals surface area contributed by atoms with E-state index in [9.17, 15) is 4.79 Å². The standard InChI is InChI=1S/C7H8N2O3/c10-7(9-2-1-8-5-9)12-4-6-3-11-6/h1-2,5-6H,3-4H2/t6-/m0/s1. The van der Waals surface area contributed by atoms with E-state index in [2.05, 4.69) is 4.98 Å². The van der Waals surface area contributed by atoms with Crippen LogP contribution in [0.5, 0.6) is 0 Å². The average Bonchev–Trinajstić information content (AvgIpc) is 2.74. The minimum absolute atomic E-state index is 0.109. The molecule has 0 N–H and O–H groups in total. The van der Waals surface area contributed by atoms with Gasteiger partial charge in [0.05, 0.1) is 6.61 Å². The van der Waals surface area contributed by atoms with Crippen LogP contribution in [0.15, 0.2) is 18.7 Å². The predicted octanol–water partition coefficient (Wildman–Crippen LogP) is 0.267. The largest absolute Gasteiger partial charge is 0.446 e. The van der Waals surface area contributed by atoms with Gasteiger partial charge in [0.2, 0.25) is 0 Å². The Labute approximate surface area is 68.9 Å². The van der Waals surface area contributed by atoms with E-state index in [4.69, 9.17) is 9.47 Å². The highest BCUT2D eigenvalue weighted by Crippen LogP contribution is 2.08. The molecule has 0 spiro atoms. The summed E-state index contributed by atoms with van der Waals surface area (Å²) in [5.74, 6) is 0. The van der Waals surface area contributed by atoms with E-state index in [0.717, 1.165) is 0 Å². The van der Waals surface area contributed by atoms with Crippen LogP contribution in [0.4, 0.5) is 4.79 Å². The quantitative estimate of drug-likeness (QED) is 0.594. The van der Waals surface area contributed by atoms with Crippen LogP contribution in [0, 0.1) is 0 Å². The summed E-state index contributed by atoms with van der Waals surface area (Å²) in [7, 11) is 0. The molecule has 1 aliphatic heterocycles. The fourth-order valence-electron chi connectivity index (χ4n) is 0.770. The molecule has 2 rings (SSSR count). The fraction of sp³-hybridized carbons (Fsp3) is 0.429. The molecule has 5 heteroatoms. The number of epoxide rings is 1. The van der Waals surface area contributed by atoms with Gasteiger partial charge < -0.3 is 9.47 Å². The molecule has 12 heavy (non-hydrogen) atoms. The van der Waals surface area contributed by atoms with Gasteiger partial charge in [-0.15, -0.1) is 0 Å². The Balaban J connectivity index is 1.83. The van der Waals surface area contributed by atoms with E-state index in [1.807, 2.05) is 0 Å². The van der Waals surface area contributed by atoms with Crippen LogP contribution in [0.1, 0.15) is 0 Å². The van der Waals surface area contributed by atoms with Crippen LogP contribution < -0.4 is 0 Å². The summed E-state index contributed by atoms with van der Waals surface area (Å²) < 4.78 is 11.0. The van der Waals surface area contributed by atoms with Crippen molar-refractivity contribution in [3.8, 4) is 0 Å². The zero-order valence-corrected chi connectivity index (χ0v) is 6.34. The maximum atomic E-state index is 11.1. The van der Waals surface area contributed by atoms with Crippen molar-refractivity contribution in [1.82, 2.24) is 9.55 Å². The minimum atomic E-state index is -0.414. The van der Waals surface area contributed by atoms with Gasteiger partial charge in [0.15, 0.2) is 0 Å². The van der Waals surface area contributed by atoms with Gasteiger partial charge in [0, 0.05) is 12.4 Å². The highest BCUT2D eigenvalue weighted by atomic mass is 16.6. The third kappa shape index (κ3) is 1.62. The van der Waals surface area contributed by atoms with Gasteiger partial charge in [-0.25, -0.2) is 14.3 Å². The Kier molecular flexibility index (Phi) is 1.79. The number of rotatable bonds is 2. The monoisotopic (exact) mass is 168 g/mol. The third-order valence-electron chi connectivity index (χ3n) is 1.51. The molecule has 5 nitrogen and oxygen atoms in total. The predicted molar refractivity (Wildman–Crippen MR) is 38.7 cm³/mol. The molecule has 0 unspecified atom stereocenters. The summed E-state index contributed by atoms with van der Waals surface area (Å²) in [5, 5.41) is 0. The molecule has 0 saturated carbocycles. The SMILES string of the molecule is O=C(OC[C@@H]1CO1)n1ccnc1. The van der Waals surface area contributed by atoms with Gasteiger partial charge >= 0.3 is 6.09 Å². The van der Waals surface area contributed by atoms with Gasteiger partial charge in [-0.05, 0) is 0 Å². The van der Waals surface area contributed by atoms with Crippen molar-refractivity contribution < 1.29 is 14.3 Å². The van der Waals surface area contributed by atoms with Crippen LogP contribution in [-0.2, 0) is 9.47 Å². The molecule has 1 aliphatic rings. The fourth-order valence-corrected chi connectivity index (χ4v) is 0.770. The van der Waals surface area contributed by atoms with Crippen molar-refractivity contribution in [3.63, 3.8) is 0 Å². The Morgan fingerprint density at radius 1 is 1.83 bits per heavy atom. The Morgan fingerprint density at radius 3 is 3.25 bits per heavy atom.